The van der Waals surface area contributed by atoms with E-state index in [9.17, 15) is 5.11 Å². The molecule has 10 heteroatoms. The average Bonchev–Trinajstić information content (AvgIpc) is 3.03. The molecule has 10 nitrogen and oxygen atoms in total. The molecular weight excluding hydrogens is 380 g/mol. The Morgan fingerprint density at radius 3 is 2.93 bits per heavy atom. The molecule has 6 unspecified atom stereocenters. The molecule has 6 atom stereocenters. The van der Waals surface area contributed by atoms with Gasteiger partial charge in [-0.25, -0.2) is 9.50 Å². The van der Waals surface area contributed by atoms with Crippen molar-refractivity contribution in [2.45, 2.75) is 74.9 Å². The normalized spacial score (nSPS) is 42.7. The molecule has 3 aliphatic heterocycles. The smallest absolute Gasteiger partial charge is 0.240 e. The van der Waals surface area contributed by atoms with E-state index in [-0.39, 0.29) is 12.4 Å². The van der Waals surface area contributed by atoms with Crippen molar-refractivity contribution < 1.29 is 28.8 Å². The molecule has 5 heterocycles. The van der Waals surface area contributed by atoms with E-state index < -0.39 is 29.4 Å². The second-order valence-corrected chi connectivity index (χ2v) is 8.60. The van der Waals surface area contributed by atoms with E-state index in [2.05, 4.69) is 10.1 Å². The van der Waals surface area contributed by atoms with Crippen molar-refractivity contribution in [3.05, 3.63) is 24.2 Å². The molecule has 0 radical (unpaired) electrons. The van der Waals surface area contributed by atoms with Gasteiger partial charge in [0.25, 0.3) is 0 Å². The summed E-state index contributed by atoms with van der Waals surface area (Å²) in [6.07, 6.45) is 2.33. The largest absolute Gasteiger partial charge is 0.382 e. The van der Waals surface area contributed by atoms with E-state index >= 15 is 0 Å². The highest BCUT2D eigenvalue weighted by atomic mass is 16.8. The van der Waals surface area contributed by atoms with Crippen molar-refractivity contribution >= 4 is 11.3 Å². The van der Waals surface area contributed by atoms with Crippen LogP contribution in [0.4, 0.5) is 5.82 Å². The van der Waals surface area contributed by atoms with Gasteiger partial charge in [-0.3, -0.25) is 0 Å². The third-order valence-electron chi connectivity index (χ3n) is 6.24. The Balaban J connectivity index is 1.36. The fraction of sp³-hybridized carbons (Fsp3) is 0.684. The van der Waals surface area contributed by atoms with Gasteiger partial charge in [0.15, 0.2) is 29.6 Å². The Hall–Kier alpha value is -1.82. The number of ether oxygens (including phenoxy) is 5. The van der Waals surface area contributed by atoms with Gasteiger partial charge in [-0.1, -0.05) is 0 Å². The number of aromatic nitrogens is 3. The predicted octanol–water partition coefficient (Wildman–Crippen LogP) is 0.671. The van der Waals surface area contributed by atoms with Crippen molar-refractivity contribution in [2.75, 3.05) is 12.3 Å². The molecular formula is C19H24N4O6. The fourth-order valence-corrected chi connectivity index (χ4v) is 4.99. The minimum Gasteiger partial charge on any atom is -0.382 e. The van der Waals surface area contributed by atoms with Crippen molar-refractivity contribution in [3.8, 4) is 0 Å². The molecule has 0 aromatic carbocycles. The summed E-state index contributed by atoms with van der Waals surface area (Å²) in [7, 11) is 0. The van der Waals surface area contributed by atoms with Crippen molar-refractivity contribution in [3.63, 3.8) is 0 Å². The van der Waals surface area contributed by atoms with Crippen LogP contribution in [0.5, 0.6) is 0 Å². The van der Waals surface area contributed by atoms with Crippen LogP contribution in [0, 0.1) is 0 Å². The van der Waals surface area contributed by atoms with Crippen LogP contribution in [-0.2, 0) is 29.5 Å². The molecule has 0 amide bonds. The van der Waals surface area contributed by atoms with Crippen LogP contribution in [0.1, 0.15) is 38.8 Å². The number of rotatable bonds is 3. The molecule has 29 heavy (non-hydrogen) atoms. The summed E-state index contributed by atoms with van der Waals surface area (Å²) < 4.78 is 31.9. The lowest BCUT2D eigenvalue weighted by atomic mass is 10.0. The molecule has 2 aromatic heterocycles. The van der Waals surface area contributed by atoms with Gasteiger partial charge in [0.05, 0.1) is 0 Å². The predicted molar refractivity (Wildman–Crippen MR) is 97.4 cm³/mol. The molecule has 2 aromatic rings. The molecule has 4 fully saturated rings. The molecule has 3 saturated heterocycles. The minimum absolute atomic E-state index is 0.292. The van der Waals surface area contributed by atoms with Gasteiger partial charge in [-0.05, 0) is 45.2 Å². The van der Waals surface area contributed by atoms with Gasteiger partial charge in [0.1, 0.15) is 29.7 Å². The molecule has 6 rings (SSSR count). The summed E-state index contributed by atoms with van der Waals surface area (Å²) in [5.74, 6) is -2.35. The van der Waals surface area contributed by atoms with Crippen molar-refractivity contribution in [1.29, 1.82) is 0 Å². The van der Waals surface area contributed by atoms with Crippen LogP contribution in [0.25, 0.3) is 5.52 Å². The number of fused-ring (bicyclic) bond motifs is 1. The Kier molecular flexibility index (Phi) is 3.51. The van der Waals surface area contributed by atoms with E-state index in [1.165, 1.54) is 10.8 Å². The van der Waals surface area contributed by atoms with Crippen LogP contribution in [-0.4, -0.2) is 62.3 Å². The summed E-state index contributed by atoms with van der Waals surface area (Å²) in [6, 6.07) is 3.46. The second kappa shape index (κ2) is 5.65. The standard InChI is InChI=1S/C19H24N4O6/c1-17(2)28-16-18(29-17)13(26-12-5-3-4-8-25-12)14(18)27-19(16,24)11-7-6-10-15(20)21-9-22-23(10)11/h6-7,9,12-14,16,24H,3-5,8H2,1-2H3,(H2,20,21,22). The SMILES string of the molecule is CC1(C)OC2C(O)(c3ccc4c(N)ncnn34)OC3C(OC4CCCCO4)C32O1. The summed E-state index contributed by atoms with van der Waals surface area (Å²) in [5.41, 5.74) is 6.03. The van der Waals surface area contributed by atoms with Gasteiger partial charge < -0.3 is 34.5 Å². The van der Waals surface area contributed by atoms with Crippen LogP contribution in [0.2, 0.25) is 0 Å². The topological polar surface area (TPSA) is 123 Å². The van der Waals surface area contributed by atoms with E-state index in [4.69, 9.17) is 29.4 Å². The van der Waals surface area contributed by atoms with E-state index in [0.717, 1.165) is 19.3 Å². The van der Waals surface area contributed by atoms with Crippen molar-refractivity contribution in [1.82, 2.24) is 14.6 Å². The zero-order chi connectivity index (χ0) is 20.0. The van der Waals surface area contributed by atoms with Gasteiger partial charge in [-0.15, -0.1) is 0 Å². The van der Waals surface area contributed by atoms with E-state index in [0.29, 0.717) is 23.6 Å². The van der Waals surface area contributed by atoms with E-state index in [1.807, 2.05) is 13.8 Å². The lowest BCUT2D eigenvalue weighted by molar-refractivity contribution is -0.285. The number of hydrogen-bond donors (Lipinski definition) is 2. The minimum atomic E-state index is -1.76. The lowest BCUT2D eigenvalue weighted by Crippen LogP contribution is -2.47. The summed E-state index contributed by atoms with van der Waals surface area (Å²) >= 11 is 0. The first-order valence-corrected chi connectivity index (χ1v) is 9.99. The summed E-state index contributed by atoms with van der Waals surface area (Å²) in [4.78, 5) is 3.99. The maximum Gasteiger partial charge on any atom is 0.240 e. The first-order valence-electron chi connectivity index (χ1n) is 9.99. The molecule has 4 aliphatic rings. The number of aliphatic hydroxyl groups is 1. The third kappa shape index (κ3) is 2.32. The molecule has 1 aliphatic carbocycles. The fourth-order valence-electron chi connectivity index (χ4n) is 4.99. The van der Waals surface area contributed by atoms with Crippen LogP contribution in [0.15, 0.2) is 18.5 Å². The maximum atomic E-state index is 11.6. The summed E-state index contributed by atoms with van der Waals surface area (Å²) in [6.45, 7) is 4.32. The highest BCUT2D eigenvalue weighted by molar-refractivity contribution is 5.65. The Morgan fingerprint density at radius 2 is 2.14 bits per heavy atom. The van der Waals surface area contributed by atoms with Crippen LogP contribution < -0.4 is 5.73 Å². The number of nitrogen functional groups attached to an aromatic ring is 1. The second-order valence-electron chi connectivity index (χ2n) is 8.60. The molecule has 1 spiro atoms. The highest BCUT2D eigenvalue weighted by Gasteiger charge is 2.88. The summed E-state index contributed by atoms with van der Waals surface area (Å²) in [5, 5.41) is 15.9. The molecule has 156 valence electrons. The maximum absolute atomic E-state index is 11.6. The number of nitrogens with zero attached hydrogens (tertiary/aromatic N) is 3. The Bertz CT molecular complexity index is 975. The molecule has 1 saturated carbocycles. The monoisotopic (exact) mass is 404 g/mol. The Morgan fingerprint density at radius 1 is 1.28 bits per heavy atom. The van der Waals surface area contributed by atoms with E-state index in [1.54, 1.807) is 12.1 Å². The number of anilines is 1. The molecule has 3 N–H and O–H groups in total. The number of hydrogen-bond acceptors (Lipinski definition) is 9. The van der Waals surface area contributed by atoms with Gasteiger partial charge in [0, 0.05) is 6.61 Å². The number of nitrogens with two attached hydrogens (primary N) is 1. The Labute approximate surface area is 166 Å². The average molecular weight is 404 g/mol. The molecule has 0 bridgehead atoms. The van der Waals surface area contributed by atoms with Crippen LogP contribution >= 0.6 is 0 Å². The quantitative estimate of drug-likeness (QED) is 0.760. The van der Waals surface area contributed by atoms with Gasteiger partial charge >= 0.3 is 0 Å². The zero-order valence-corrected chi connectivity index (χ0v) is 16.3. The highest BCUT2D eigenvalue weighted by Crippen LogP contribution is 2.66. The first kappa shape index (κ1) is 18.0. The lowest BCUT2D eigenvalue weighted by Gasteiger charge is -2.32. The van der Waals surface area contributed by atoms with Gasteiger partial charge in [0.2, 0.25) is 5.79 Å². The third-order valence-corrected chi connectivity index (χ3v) is 6.24. The first-order chi connectivity index (χ1) is 13.9. The van der Waals surface area contributed by atoms with Crippen molar-refractivity contribution in [2.24, 2.45) is 0 Å². The van der Waals surface area contributed by atoms with Gasteiger partial charge in [-0.2, -0.15) is 5.10 Å². The zero-order valence-electron chi connectivity index (χ0n) is 16.3. The van der Waals surface area contributed by atoms with Crippen LogP contribution in [0.3, 0.4) is 0 Å².